The van der Waals surface area contributed by atoms with Gasteiger partial charge in [0.15, 0.2) is 0 Å². The number of amides is 3. The fourth-order valence-corrected chi connectivity index (χ4v) is 5.24. The number of fused-ring (bicyclic) bond motifs is 2. The van der Waals surface area contributed by atoms with E-state index in [0.717, 1.165) is 13.0 Å². The van der Waals surface area contributed by atoms with Crippen LogP contribution in [0.15, 0.2) is 18.2 Å². The summed E-state index contributed by atoms with van der Waals surface area (Å²) in [5.41, 5.74) is 0.981. The van der Waals surface area contributed by atoms with E-state index in [2.05, 4.69) is 10.6 Å². The van der Waals surface area contributed by atoms with E-state index in [-0.39, 0.29) is 36.0 Å². The average Bonchev–Trinajstić information content (AvgIpc) is 2.81. The molecule has 4 rings (SSSR count). The number of carbonyl (C=O) groups is 3. The maximum Gasteiger partial charge on any atom is 0.257 e. The lowest BCUT2D eigenvalue weighted by Crippen LogP contribution is -2.54. The topological polar surface area (TPSA) is 97.0 Å². The molecule has 33 heavy (non-hydrogen) atoms. The number of hydrogen-bond acceptors (Lipinski definition) is 5. The standard InChI is InChI=1S/C25H35N3O5/c1-16(29)27-18-8-11-22-20(12-18)25(31)28(2)21-10-9-19(33-23(21)15-32-22)13-24(30)26-14-17-6-4-3-5-7-17/h8,11-12,17,19,21,23H,3-7,9-10,13-15H2,1-2H3,(H,26,30)(H,27,29)/t19-,21-,23-/m0/s1. The number of nitrogens with one attached hydrogen (secondary N) is 2. The quantitative estimate of drug-likeness (QED) is 0.708. The van der Waals surface area contributed by atoms with Crippen LogP contribution in [0, 0.1) is 5.92 Å². The number of nitrogens with zero attached hydrogens (tertiary/aromatic N) is 1. The van der Waals surface area contributed by atoms with E-state index in [1.165, 1.54) is 39.0 Å². The molecule has 1 aromatic rings. The van der Waals surface area contributed by atoms with Crippen LogP contribution < -0.4 is 15.4 Å². The van der Waals surface area contributed by atoms with Gasteiger partial charge in [0.2, 0.25) is 11.8 Å². The van der Waals surface area contributed by atoms with Gasteiger partial charge in [-0.05, 0) is 49.8 Å². The van der Waals surface area contributed by atoms with Gasteiger partial charge >= 0.3 is 0 Å². The molecule has 2 N–H and O–H groups in total. The normalized spacial score (nSPS) is 25.7. The van der Waals surface area contributed by atoms with Gasteiger partial charge in [-0.2, -0.15) is 0 Å². The molecule has 0 aromatic heterocycles. The van der Waals surface area contributed by atoms with Crippen LogP contribution in [-0.4, -0.2) is 61.1 Å². The number of likely N-dealkylation sites (N-methyl/N-ethyl adjacent to an activating group) is 1. The number of hydrogen-bond donors (Lipinski definition) is 2. The molecule has 0 unspecified atom stereocenters. The lowest BCUT2D eigenvalue weighted by atomic mass is 9.89. The third-order valence-corrected chi connectivity index (χ3v) is 7.06. The summed E-state index contributed by atoms with van der Waals surface area (Å²) in [6.07, 6.45) is 7.57. The van der Waals surface area contributed by atoms with Crippen molar-refractivity contribution in [3.8, 4) is 5.75 Å². The Bertz CT molecular complexity index is 883. The highest BCUT2D eigenvalue weighted by atomic mass is 16.5. The Morgan fingerprint density at radius 2 is 1.91 bits per heavy atom. The summed E-state index contributed by atoms with van der Waals surface area (Å²) in [5.74, 6) is 0.743. The molecule has 0 radical (unpaired) electrons. The molecule has 3 amide bonds. The van der Waals surface area contributed by atoms with Crippen molar-refractivity contribution in [1.29, 1.82) is 0 Å². The smallest absolute Gasteiger partial charge is 0.257 e. The fraction of sp³-hybridized carbons (Fsp3) is 0.640. The molecule has 0 spiro atoms. The van der Waals surface area contributed by atoms with Gasteiger partial charge in [0.05, 0.1) is 24.1 Å². The van der Waals surface area contributed by atoms with E-state index in [9.17, 15) is 14.4 Å². The summed E-state index contributed by atoms with van der Waals surface area (Å²) >= 11 is 0. The van der Waals surface area contributed by atoms with Gasteiger partial charge in [-0.1, -0.05) is 19.3 Å². The van der Waals surface area contributed by atoms with E-state index in [0.29, 0.717) is 42.4 Å². The summed E-state index contributed by atoms with van der Waals surface area (Å²) in [5, 5.41) is 5.81. The fourth-order valence-electron chi connectivity index (χ4n) is 5.24. The summed E-state index contributed by atoms with van der Waals surface area (Å²) in [6, 6.07) is 4.94. The van der Waals surface area contributed by atoms with Crippen molar-refractivity contribution in [2.24, 2.45) is 5.92 Å². The molecule has 0 bridgehead atoms. The highest BCUT2D eigenvalue weighted by molar-refractivity contribution is 5.99. The SMILES string of the molecule is CC(=O)Nc1ccc2c(c1)C(=O)N(C)[C@H]1CC[C@@H](CC(=O)NCC3CCCCC3)O[C@H]1CO2. The minimum absolute atomic E-state index is 0.0380. The van der Waals surface area contributed by atoms with Crippen molar-refractivity contribution in [1.82, 2.24) is 10.2 Å². The summed E-state index contributed by atoms with van der Waals surface area (Å²) in [6.45, 7) is 2.49. The first-order valence-electron chi connectivity index (χ1n) is 12.1. The van der Waals surface area contributed by atoms with Gasteiger partial charge in [0.25, 0.3) is 5.91 Å². The Kier molecular flexibility index (Phi) is 7.53. The summed E-state index contributed by atoms with van der Waals surface area (Å²) in [4.78, 5) is 38.8. The van der Waals surface area contributed by atoms with Crippen LogP contribution >= 0.6 is 0 Å². The van der Waals surface area contributed by atoms with Crippen LogP contribution in [0.25, 0.3) is 0 Å². The molecule has 1 aliphatic carbocycles. The predicted molar refractivity (Wildman–Crippen MR) is 124 cm³/mol. The highest BCUT2D eigenvalue weighted by Gasteiger charge is 2.39. The van der Waals surface area contributed by atoms with E-state index < -0.39 is 0 Å². The maximum absolute atomic E-state index is 13.2. The molecule has 3 aliphatic rings. The minimum atomic E-state index is -0.299. The van der Waals surface area contributed by atoms with E-state index in [4.69, 9.17) is 9.47 Å². The first-order valence-corrected chi connectivity index (χ1v) is 12.1. The van der Waals surface area contributed by atoms with Gasteiger partial charge in [-0.3, -0.25) is 14.4 Å². The van der Waals surface area contributed by atoms with Gasteiger partial charge in [0, 0.05) is 26.2 Å². The monoisotopic (exact) mass is 457 g/mol. The van der Waals surface area contributed by atoms with Gasteiger partial charge in [0.1, 0.15) is 18.5 Å². The molecule has 2 heterocycles. The molecule has 1 saturated carbocycles. The molecule has 8 nitrogen and oxygen atoms in total. The number of ether oxygens (including phenoxy) is 2. The molecule has 3 atom stereocenters. The second-order valence-electron chi connectivity index (χ2n) is 9.57. The molecule has 2 aliphatic heterocycles. The Labute approximate surface area is 195 Å². The van der Waals surface area contributed by atoms with Crippen LogP contribution in [0.4, 0.5) is 5.69 Å². The second kappa shape index (κ2) is 10.5. The van der Waals surface area contributed by atoms with Gasteiger partial charge in [-0.25, -0.2) is 0 Å². The van der Waals surface area contributed by atoms with E-state index in [1.54, 1.807) is 30.1 Å². The zero-order chi connectivity index (χ0) is 23.4. The number of carbonyl (C=O) groups excluding carboxylic acids is 3. The van der Waals surface area contributed by atoms with E-state index >= 15 is 0 Å². The largest absolute Gasteiger partial charge is 0.490 e. The van der Waals surface area contributed by atoms with Crippen LogP contribution in [0.2, 0.25) is 0 Å². The lowest BCUT2D eigenvalue weighted by Gasteiger charge is -2.42. The Morgan fingerprint density at radius 1 is 1.12 bits per heavy atom. The maximum atomic E-state index is 13.2. The molecule has 1 saturated heterocycles. The van der Waals surface area contributed by atoms with Crippen LogP contribution in [0.3, 0.4) is 0 Å². The van der Waals surface area contributed by atoms with Crippen LogP contribution in [-0.2, 0) is 14.3 Å². The molecule has 8 heteroatoms. The molecular formula is C25H35N3O5. The van der Waals surface area contributed by atoms with Crippen molar-refractivity contribution in [2.75, 3.05) is 25.5 Å². The zero-order valence-corrected chi connectivity index (χ0v) is 19.6. The van der Waals surface area contributed by atoms with Crippen molar-refractivity contribution in [3.05, 3.63) is 23.8 Å². The van der Waals surface area contributed by atoms with Crippen molar-refractivity contribution >= 4 is 23.4 Å². The number of benzene rings is 1. The van der Waals surface area contributed by atoms with Crippen molar-refractivity contribution in [3.63, 3.8) is 0 Å². The summed E-state index contributed by atoms with van der Waals surface area (Å²) in [7, 11) is 1.78. The Balaban J connectivity index is 1.36. The highest BCUT2D eigenvalue weighted by Crippen LogP contribution is 2.32. The first kappa shape index (κ1) is 23.5. The van der Waals surface area contributed by atoms with Gasteiger partial charge in [-0.15, -0.1) is 0 Å². The predicted octanol–water partition coefficient (Wildman–Crippen LogP) is 3.11. The van der Waals surface area contributed by atoms with Crippen LogP contribution in [0.1, 0.15) is 68.6 Å². The molecule has 1 aromatic carbocycles. The van der Waals surface area contributed by atoms with Gasteiger partial charge < -0.3 is 25.0 Å². The Hall–Kier alpha value is -2.61. The zero-order valence-electron chi connectivity index (χ0n) is 19.6. The molecule has 2 fully saturated rings. The van der Waals surface area contributed by atoms with Crippen molar-refractivity contribution < 1.29 is 23.9 Å². The third-order valence-electron chi connectivity index (χ3n) is 7.06. The molecule has 180 valence electrons. The number of anilines is 1. The Morgan fingerprint density at radius 3 is 2.67 bits per heavy atom. The second-order valence-corrected chi connectivity index (χ2v) is 9.57. The molecular weight excluding hydrogens is 422 g/mol. The lowest BCUT2D eigenvalue weighted by molar-refractivity contribution is -0.134. The van der Waals surface area contributed by atoms with Crippen molar-refractivity contribution in [2.45, 2.75) is 76.5 Å². The summed E-state index contributed by atoms with van der Waals surface area (Å²) < 4.78 is 12.2. The average molecular weight is 458 g/mol. The number of rotatable bonds is 5. The minimum Gasteiger partial charge on any atom is -0.490 e. The van der Waals surface area contributed by atoms with Crippen LogP contribution in [0.5, 0.6) is 5.75 Å². The first-order chi connectivity index (χ1) is 15.9. The van der Waals surface area contributed by atoms with E-state index in [1.807, 2.05) is 0 Å². The third kappa shape index (κ3) is 5.85.